The van der Waals surface area contributed by atoms with Crippen molar-refractivity contribution in [2.24, 2.45) is 0 Å². The van der Waals surface area contributed by atoms with Gasteiger partial charge in [-0.3, -0.25) is 9.59 Å². The van der Waals surface area contributed by atoms with E-state index in [0.717, 1.165) is 19.4 Å². The van der Waals surface area contributed by atoms with E-state index in [4.69, 9.17) is 0 Å². The van der Waals surface area contributed by atoms with Crippen LogP contribution < -0.4 is 5.32 Å². The van der Waals surface area contributed by atoms with Gasteiger partial charge in [0.2, 0.25) is 11.8 Å². The lowest BCUT2D eigenvalue weighted by Crippen LogP contribution is -2.38. The van der Waals surface area contributed by atoms with Crippen LogP contribution in [0.1, 0.15) is 25.7 Å². The van der Waals surface area contributed by atoms with Crippen molar-refractivity contribution in [2.45, 2.75) is 31.7 Å². The first-order chi connectivity index (χ1) is 8.00. The predicted octanol–water partition coefficient (Wildman–Crippen LogP) is 0.0652. The zero-order valence-corrected chi connectivity index (χ0v) is 11.0. The van der Waals surface area contributed by atoms with Crippen molar-refractivity contribution in [3.8, 4) is 0 Å². The van der Waals surface area contributed by atoms with Crippen LogP contribution in [0.2, 0.25) is 0 Å². The van der Waals surface area contributed by atoms with E-state index in [-0.39, 0.29) is 18.4 Å². The Labute approximate surface area is 103 Å². The minimum atomic E-state index is -0.0418. The molecule has 0 aromatic carbocycles. The fourth-order valence-electron chi connectivity index (χ4n) is 1.92. The smallest absolute Gasteiger partial charge is 0.241 e. The summed E-state index contributed by atoms with van der Waals surface area (Å²) in [5.74, 6) is 0.00809. The van der Waals surface area contributed by atoms with Crippen molar-refractivity contribution in [3.05, 3.63) is 0 Å². The molecular weight excluding hydrogens is 218 g/mol. The average Bonchev–Trinajstić information content (AvgIpc) is 2.78. The molecule has 5 nitrogen and oxygen atoms in total. The van der Waals surface area contributed by atoms with E-state index in [1.165, 1.54) is 16.2 Å². The fourth-order valence-corrected chi connectivity index (χ4v) is 1.92. The fraction of sp³-hybridized carbons (Fsp3) is 0.833. The maximum atomic E-state index is 11.8. The number of carbonyl (C=O) groups excluding carboxylic acids is 2. The van der Waals surface area contributed by atoms with Crippen LogP contribution in [0.25, 0.3) is 0 Å². The van der Waals surface area contributed by atoms with Gasteiger partial charge < -0.3 is 15.1 Å². The number of carbonyl (C=O) groups is 2. The highest BCUT2D eigenvalue weighted by Gasteiger charge is 2.18. The normalized spacial score (nSPS) is 19.1. The van der Waals surface area contributed by atoms with Gasteiger partial charge in [-0.05, 0) is 25.8 Å². The zero-order valence-electron chi connectivity index (χ0n) is 11.0. The van der Waals surface area contributed by atoms with E-state index in [9.17, 15) is 9.59 Å². The molecule has 1 N–H and O–H groups in total. The third-order valence-corrected chi connectivity index (χ3v) is 3.17. The Bertz CT molecular complexity index is 273. The summed E-state index contributed by atoms with van der Waals surface area (Å²) in [5.41, 5.74) is 0. The summed E-state index contributed by atoms with van der Waals surface area (Å²) < 4.78 is 0. The predicted molar refractivity (Wildman–Crippen MR) is 66.6 cm³/mol. The molecule has 0 aliphatic carbocycles. The Morgan fingerprint density at radius 2 is 1.94 bits per heavy atom. The largest absolute Gasteiger partial charge is 0.347 e. The van der Waals surface area contributed by atoms with Gasteiger partial charge in [-0.25, -0.2) is 0 Å². The molecule has 1 saturated heterocycles. The lowest BCUT2D eigenvalue weighted by atomic mass is 10.1. The van der Waals surface area contributed by atoms with Crippen LogP contribution in [0.3, 0.4) is 0 Å². The number of hydrogen-bond acceptors (Lipinski definition) is 3. The second-order valence-electron chi connectivity index (χ2n) is 4.87. The molecule has 1 fully saturated rings. The standard InChI is InChI=1S/C12H23N3O2/c1-14(2)12(17)9-15(3)11(16)7-6-10-5-4-8-13-10/h10,13H,4-9H2,1-3H3. The second kappa shape index (κ2) is 6.59. The molecule has 1 heterocycles. The van der Waals surface area contributed by atoms with Crippen molar-refractivity contribution < 1.29 is 9.59 Å². The number of nitrogens with zero attached hydrogens (tertiary/aromatic N) is 2. The summed E-state index contributed by atoms with van der Waals surface area (Å²) >= 11 is 0. The van der Waals surface area contributed by atoms with Crippen LogP contribution in [-0.2, 0) is 9.59 Å². The Kier molecular flexibility index (Phi) is 5.41. The van der Waals surface area contributed by atoms with Gasteiger partial charge in [0, 0.05) is 33.6 Å². The van der Waals surface area contributed by atoms with E-state index < -0.39 is 0 Å². The molecule has 0 aromatic heterocycles. The number of nitrogens with one attached hydrogen (secondary N) is 1. The molecule has 5 heteroatoms. The van der Waals surface area contributed by atoms with Gasteiger partial charge in [0.1, 0.15) is 0 Å². The SMILES string of the molecule is CN(C)C(=O)CN(C)C(=O)CCC1CCCN1. The molecule has 2 amide bonds. The Balaban J connectivity index is 2.24. The first-order valence-electron chi connectivity index (χ1n) is 6.18. The van der Waals surface area contributed by atoms with Crippen LogP contribution in [-0.4, -0.2) is 61.9 Å². The molecule has 0 spiro atoms. The maximum Gasteiger partial charge on any atom is 0.241 e. The first-order valence-corrected chi connectivity index (χ1v) is 6.18. The van der Waals surface area contributed by atoms with E-state index in [1.54, 1.807) is 21.1 Å². The lowest BCUT2D eigenvalue weighted by Gasteiger charge is -2.20. The monoisotopic (exact) mass is 241 g/mol. The molecule has 0 aromatic rings. The summed E-state index contributed by atoms with van der Waals surface area (Å²) in [6, 6.07) is 0.483. The number of hydrogen-bond donors (Lipinski definition) is 1. The Hall–Kier alpha value is -1.10. The van der Waals surface area contributed by atoms with E-state index in [1.807, 2.05) is 0 Å². The van der Waals surface area contributed by atoms with Crippen LogP contribution in [0.5, 0.6) is 0 Å². The van der Waals surface area contributed by atoms with Crippen LogP contribution >= 0.6 is 0 Å². The van der Waals surface area contributed by atoms with Gasteiger partial charge in [0.25, 0.3) is 0 Å². The van der Waals surface area contributed by atoms with Crippen molar-refractivity contribution in [1.29, 1.82) is 0 Å². The van der Waals surface area contributed by atoms with Gasteiger partial charge in [0.15, 0.2) is 0 Å². The van der Waals surface area contributed by atoms with E-state index >= 15 is 0 Å². The maximum absolute atomic E-state index is 11.8. The highest BCUT2D eigenvalue weighted by atomic mass is 16.2. The quantitative estimate of drug-likeness (QED) is 0.741. The summed E-state index contributed by atoms with van der Waals surface area (Å²) in [6.07, 6.45) is 3.76. The van der Waals surface area contributed by atoms with Crippen LogP contribution in [0.15, 0.2) is 0 Å². The average molecular weight is 241 g/mol. The van der Waals surface area contributed by atoms with Gasteiger partial charge in [-0.1, -0.05) is 0 Å². The zero-order chi connectivity index (χ0) is 12.8. The highest BCUT2D eigenvalue weighted by Crippen LogP contribution is 2.11. The molecular formula is C12H23N3O2. The van der Waals surface area contributed by atoms with Crippen molar-refractivity contribution in [2.75, 3.05) is 34.2 Å². The van der Waals surface area contributed by atoms with Gasteiger partial charge in [-0.2, -0.15) is 0 Å². The minimum absolute atomic E-state index is 0.0418. The summed E-state index contributed by atoms with van der Waals surface area (Å²) in [4.78, 5) is 26.2. The van der Waals surface area contributed by atoms with Crippen LogP contribution in [0, 0.1) is 0 Å². The molecule has 1 aliphatic rings. The molecule has 0 saturated carbocycles. The van der Waals surface area contributed by atoms with Crippen LogP contribution in [0.4, 0.5) is 0 Å². The summed E-state index contributed by atoms with van der Waals surface area (Å²) in [7, 11) is 5.08. The minimum Gasteiger partial charge on any atom is -0.347 e. The van der Waals surface area contributed by atoms with Gasteiger partial charge in [0.05, 0.1) is 6.54 Å². The second-order valence-corrected chi connectivity index (χ2v) is 4.87. The number of likely N-dealkylation sites (N-methyl/N-ethyl adjacent to an activating group) is 2. The summed E-state index contributed by atoms with van der Waals surface area (Å²) in [6.45, 7) is 1.23. The van der Waals surface area contributed by atoms with Gasteiger partial charge >= 0.3 is 0 Å². The molecule has 17 heavy (non-hydrogen) atoms. The summed E-state index contributed by atoms with van der Waals surface area (Å²) in [5, 5.41) is 3.36. The van der Waals surface area contributed by atoms with E-state index in [2.05, 4.69) is 5.32 Å². The molecule has 0 radical (unpaired) electrons. The lowest BCUT2D eigenvalue weighted by molar-refractivity contribution is -0.138. The van der Waals surface area contributed by atoms with Crippen molar-refractivity contribution in [3.63, 3.8) is 0 Å². The third kappa shape index (κ3) is 4.73. The molecule has 0 bridgehead atoms. The Morgan fingerprint density at radius 3 is 2.47 bits per heavy atom. The van der Waals surface area contributed by atoms with Crippen molar-refractivity contribution in [1.82, 2.24) is 15.1 Å². The highest BCUT2D eigenvalue weighted by molar-refractivity contribution is 5.84. The van der Waals surface area contributed by atoms with E-state index in [0.29, 0.717) is 12.5 Å². The molecule has 98 valence electrons. The molecule has 1 aliphatic heterocycles. The van der Waals surface area contributed by atoms with Crippen molar-refractivity contribution >= 4 is 11.8 Å². The topological polar surface area (TPSA) is 52.7 Å². The van der Waals surface area contributed by atoms with Gasteiger partial charge in [-0.15, -0.1) is 0 Å². The molecule has 1 unspecified atom stereocenters. The number of rotatable bonds is 5. The molecule has 1 atom stereocenters. The third-order valence-electron chi connectivity index (χ3n) is 3.17. The first kappa shape index (κ1) is 14.0. The Morgan fingerprint density at radius 1 is 1.24 bits per heavy atom. The molecule has 1 rings (SSSR count). The number of amides is 2.